The van der Waals surface area contributed by atoms with Crippen LogP contribution >= 0.6 is 11.6 Å². The van der Waals surface area contributed by atoms with Crippen LogP contribution in [0.25, 0.3) is 4.85 Å². The Balaban J connectivity index is 1.91. The van der Waals surface area contributed by atoms with Gasteiger partial charge in [-0.1, -0.05) is 11.6 Å². The second kappa shape index (κ2) is 8.06. The molecule has 2 aliphatic rings. The summed E-state index contributed by atoms with van der Waals surface area (Å²) in [5.74, 6) is 0.567. The first-order valence-corrected chi connectivity index (χ1v) is 9.94. The third-order valence-corrected chi connectivity index (χ3v) is 5.25. The highest BCUT2D eigenvalue weighted by Crippen LogP contribution is 2.50. The molecule has 2 fully saturated rings. The Morgan fingerprint density at radius 3 is 2.66 bits per heavy atom. The van der Waals surface area contributed by atoms with Gasteiger partial charge in [-0.3, -0.25) is 4.90 Å². The SMILES string of the molecule is [C-]#[N+]c1c(N2CCN(C(=O)OC(C)(C)C)C(CO)C2)nc(Cl)c(C#N)c1C1CC1. The van der Waals surface area contributed by atoms with Crippen LogP contribution in [-0.2, 0) is 4.74 Å². The Bertz CT molecular complexity index is 895. The Hall–Kier alpha value is -2.55. The summed E-state index contributed by atoms with van der Waals surface area (Å²) < 4.78 is 5.44. The normalized spacial score (nSPS) is 19.5. The maximum Gasteiger partial charge on any atom is 0.410 e. The van der Waals surface area contributed by atoms with Crippen molar-refractivity contribution in [1.29, 1.82) is 5.26 Å². The van der Waals surface area contributed by atoms with Crippen LogP contribution < -0.4 is 4.90 Å². The summed E-state index contributed by atoms with van der Waals surface area (Å²) in [6.07, 6.45) is 1.36. The van der Waals surface area contributed by atoms with Gasteiger partial charge in [0.25, 0.3) is 0 Å². The minimum absolute atomic E-state index is 0.0897. The van der Waals surface area contributed by atoms with Crippen LogP contribution in [0, 0.1) is 17.9 Å². The zero-order valence-corrected chi connectivity index (χ0v) is 17.5. The molecule has 2 heterocycles. The number of aliphatic hydroxyl groups is 1. The maximum absolute atomic E-state index is 12.5. The average Bonchev–Trinajstić information content (AvgIpc) is 3.50. The molecular weight excluding hydrogens is 394 g/mol. The molecule has 1 aliphatic heterocycles. The van der Waals surface area contributed by atoms with Crippen molar-refractivity contribution in [3.8, 4) is 6.07 Å². The third kappa shape index (κ3) is 4.39. The molecule has 1 amide bonds. The van der Waals surface area contributed by atoms with Gasteiger partial charge in [-0.15, -0.1) is 0 Å². The summed E-state index contributed by atoms with van der Waals surface area (Å²) in [4.78, 5) is 23.9. The van der Waals surface area contributed by atoms with Crippen molar-refractivity contribution >= 4 is 29.2 Å². The molecule has 1 N–H and O–H groups in total. The van der Waals surface area contributed by atoms with Gasteiger partial charge in [0.05, 0.1) is 24.8 Å². The molecule has 1 unspecified atom stereocenters. The van der Waals surface area contributed by atoms with Crippen molar-refractivity contribution in [2.75, 3.05) is 31.1 Å². The molecule has 0 bridgehead atoms. The predicted octanol–water partition coefficient (Wildman–Crippen LogP) is 3.45. The fourth-order valence-electron chi connectivity index (χ4n) is 3.52. The topological polar surface area (TPSA) is 94.1 Å². The monoisotopic (exact) mass is 417 g/mol. The Morgan fingerprint density at radius 1 is 1.45 bits per heavy atom. The van der Waals surface area contributed by atoms with Gasteiger partial charge in [-0.25, -0.2) is 14.6 Å². The number of aliphatic hydroxyl groups excluding tert-OH is 1. The molecule has 8 nitrogen and oxygen atoms in total. The fraction of sp³-hybridized carbons (Fsp3) is 0.600. The number of hydrogen-bond donors (Lipinski definition) is 1. The molecule has 0 spiro atoms. The van der Waals surface area contributed by atoms with Crippen molar-refractivity contribution < 1.29 is 14.6 Å². The number of hydrogen-bond acceptors (Lipinski definition) is 6. The van der Waals surface area contributed by atoms with E-state index in [-0.39, 0.29) is 29.8 Å². The quantitative estimate of drug-likeness (QED) is 0.598. The lowest BCUT2D eigenvalue weighted by molar-refractivity contribution is 0.00700. The number of carbonyl (C=O) groups excluding carboxylic acids is 1. The van der Waals surface area contributed by atoms with Crippen molar-refractivity contribution in [3.63, 3.8) is 0 Å². The van der Waals surface area contributed by atoms with Crippen molar-refractivity contribution in [3.05, 3.63) is 27.7 Å². The number of rotatable bonds is 3. The van der Waals surface area contributed by atoms with E-state index in [1.165, 1.54) is 4.90 Å². The summed E-state index contributed by atoms with van der Waals surface area (Å²) in [6.45, 7) is 13.8. The maximum atomic E-state index is 12.5. The first kappa shape index (κ1) is 21.2. The molecule has 0 aromatic carbocycles. The van der Waals surface area contributed by atoms with E-state index < -0.39 is 17.7 Å². The number of nitrogens with zero attached hydrogens (tertiary/aromatic N) is 5. The molecule has 1 atom stereocenters. The third-order valence-electron chi connectivity index (χ3n) is 4.98. The highest BCUT2D eigenvalue weighted by molar-refractivity contribution is 6.31. The van der Waals surface area contributed by atoms with E-state index >= 15 is 0 Å². The highest BCUT2D eigenvalue weighted by atomic mass is 35.5. The van der Waals surface area contributed by atoms with Gasteiger partial charge in [-0.2, -0.15) is 5.26 Å². The Labute approximate surface area is 175 Å². The van der Waals surface area contributed by atoms with Gasteiger partial charge < -0.3 is 14.7 Å². The van der Waals surface area contributed by atoms with Gasteiger partial charge in [0.2, 0.25) is 5.69 Å². The van der Waals surface area contributed by atoms with E-state index in [0.29, 0.717) is 30.2 Å². The number of carbonyl (C=O) groups is 1. The van der Waals surface area contributed by atoms with Crippen LogP contribution in [0.3, 0.4) is 0 Å². The van der Waals surface area contributed by atoms with Crippen LogP contribution in [0.4, 0.5) is 16.3 Å². The van der Waals surface area contributed by atoms with Gasteiger partial charge in [-0.05, 0) is 45.1 Å². The first-order chi connectivity index (χ1) is 13.7. The van der Waals surface area contributed by atoms with E-state index in [4.69, 9.17) is 22.9 Å². The van der Waals surface area contributed by atoms with Crippen LogP contribution in [-0.4, -0.2) is 59.0 Å². The standard InChI is InChI=1S/C20H24ClN5O3/c1-20(2,3)29-19(28)26-8-7-25(10-13(26)11-27)18-16(23-4)15(12-5-6-12)14(9-22)17(21)24-18/h12-13,27H,5-8,10-11H2,1-3H3. The van der Waals surface area contributed by atoms with E-state index in [1.807, 2.05) is 4.90 Å². The Morgan fingerprint density at radius 2 is 2.14 bits per heavy atom. The van der Waals surface area contributed by atoms with Crippen LogP contribution in [0.15, 0.2) is 0 Å². The number of amides is 1. The molecule has 154 valence electrons. The van der Waals surface area contributed by atoms with Crippen LogP contribution in [0.5, 0.6) is 0 Å². The number of aromatic nitrogens is 1. The highest BCUT2D eigenvalue weighted by Gasteiger charge is 2.37. The number of halogens is 1. The molecular formula is C20H24ClN5O3. The van der Waals surface area contributed by atoms with Gasteiger partial charge in [0.1, 0.15) is 22.6 Å². The number of pyridine rings is 1. The zero-order chi connectivity index (χ0) is 21.3. The molecule has 1 aromatic rings. The summed E-state index contributed by atoms with van der Waals surface area (Å²) in [6, 6.07) is 1.59. The summed E-state index contributed by atoms with van der Waals surface area (Å²) in [7, 11) is 0. The number of nitriles is 1. The smallest absolute Gasteiger partial charge is 0.410 e. The minimum Gasteiger partial charge on any atom is -0.444 e. The Kier molecular flexibility index (Phi) is 5.88. The van der Waals surface area contributed by atoms with Crippen molar-refractivity contribution in [2.24, 2.45) is 0 Å². The predicted molar refractivity (Wildman–Crippen MR) is 108 cm³/mol. The van der Waals surface area contributed by atoms with Gasteiger partial charge in [0.15, 0.2) is 0 Å². The lowest BCUT2D eigenvalue weighted by Gasteiger charge is -2.42. The van der Waals surface area contributed by atoms with Crippen LogP contribution in [0.1, 0.15) is 50.7 Å². The molecule has 1 saturated heterocycles. The molecule has 1 saturated carbocycles. The van der Waals surface area contributed by atoms with E-state index in [9.17, 15) is 15.2 Å². The first-order valence-electron chi connectivity index (χ1n) is 9.56. The second-order valence-corrected chi connectivity index (χ2v) is 8.68. The van der Waals surface area contributed by atoms with Gasteiger partial charge in [0, 0.05) is 19.6 Å². The zero-order valence-electron chi connectivity index (χ0n) is 16.8. The van der Waals surface area contributed by atoms with Crippen molar-refractivity contribution in [2.45, 2.75) is 51.2 Å². The molecule has 29 heavy (non-hydrogen) atoms. The molecule has 3 rings (SSSR count). The second-order valence-electron chi connectivity index (χ2n) is 8.32. The van der Waals surface area contributed by atoms with E-state index in [2.05, 4.69) is 15.9 Å². The fourth-order valence-corrected chi connectivity index (χ4v) is 3.75. The summed E-state index contributed by atoms with van der Waals surface area (Å²) >= 11 is 6.28. The minimum atomic E-state index is -0.632. The molecule has 9 heteroatoms. The number of piperazine rings is 1. The van der Waals surface area contributed by atoms with Gasteiger partial charge >= 0.3 is 6.09 Å². The number of ether oxygens (including phenoxy) is 1. The number of anilines is 1. The lowest BCUT2D eigenvalue weighted by Crippen LogP contribution is -2.57. The average molecular weight is 418 g/mol. The largest absolute Gasteiger partial charge is 0.444 e. The van der Waals surface area contributed by atoms with E-state index in [1.54, 1.807) is 20.8 Å². The molecule has 1 aliphatic carbocycles. The summed E-state index contributed by atoms with van der Waals surface area (Å²) in [5, 5.41) is 19.4. The molecule has 0 radical (unpaired) electrons. The lowest BCUT2D eigenvalue weighted by atomic mass is 10.0. The van der Waals surface area contributed by atoms with E-state index in [0.717, 1.165) is 12.8 Å². The van der Waals surface area contributed by atoms with Crippen LogP contribution in [0.2, 0.25) is 5.15 Å². The van der Waals surface area contributed by atoms with Crippen molar-refractivity contribution in [1.82, 2.24) is 9.88 Å². The summed E-state index contributed by atoms with van der Waals surface area (Å²) in [5.41, 5.74) is 0.658. The molecule has 1 aromatic heterocycles.